The van der Waals surface area contributed by atoms with Crippen LogP contribution in [0.3, 0.4) is 0 Å². The first-order valence-corrected chi connectivity index (χ1v) is 8.87. The minimum absolute atomic E-state index is 0.0837. The molecule has 2 N–H and O–H groups in total. The molecule has 0 aromatic heterocycles. The van der Waals surface area contributed by atoms with E-state index in [1.807, 2.05) is 68.4 Å². The van der Waals surface area contributed by atoms with Gasteiger partial charge in [-0.3, -0.25) is 4.79 Å². The van der Waals surface area contributed by atoms with E-state index in [2.05, 4.69) is 10.6 Å². The summed E-state index contributed by atoms with van der Waals surface area (Å²) in [5, 5.41) is 5.49. The van der Waals surface area contributed by atoms with Gasteiger partial charge in [-0.25, -0.2) is 4.79 Å². The van der Waals surface area contributed by atoms with Gasteiger partial charge in [-0.2, -0.15) is 0 Å². The van der Waals surface area contributed by atoms with Crippen LogP contribution in [-0.2, 0) is 22.7 Å². The van der Waals surface area contributed by atoms with E-state index >= 15 is 0 Å². The molecule has 144 valence electrons. The van der Waals surface area contributed by atoms with Gasteiger partial charge in [0.1, 0.15) is 18.4 Å². The maximum atomic E-state index is 12.5. The number of alkyl carbamates (subject to hydrolysis) is 1. The molecule has 0 heterocycles. The zero-order chi connectivity index (χ0) is 19.6. The molecule has 2 amide bonds. The molecule has 2 rings (SSSR count). The molecule has 6 heteroatoms. The Kier molecular flexibility index (Phi) is 7.67. The van der Waals surface area contributed by atoms with Gasteiger partial charge in [-0.05, 0) is 29.2 Å². The summed E-state index contributed by atoms with van der Waals surface area (Å²) in [6.45, 7) is 4.24. The molecule has 1 atom stereocenters. The van der Waals surface area contributed by atoms with Crippen LogP contribution < -0.4 is 15.4 Å². The monoisotopic (exact) mass is 370 g/mol. The van der Waals surface area contributed by atoms with E-state index in [4.69, 9.17) is 9.47 Å². The molecule has 0 bridgehead atoms. The summed E-state index contributed by atoms with van der Waals surface area (Å²) < 4.78 is 10.4. The van der Waals surface area contributed by atoms with Gasteiger partial charge in [0.05, 0.1) is 7.11 Å². The molecule has 0 spiro atoms. The van der Waals surface area contributed by atoms with E-state index in [-0.39, 0.29) is 18.4 Å². The summed E-state index contributed by atoms with van der Waals surface area (Å²) in [5.41, 5.74) is 1.80. The van der Waals surface area contributed by atoms with Gasteiger partial charge in [0, 0.05) is 6.54 Å². The van der Waals surface area contributed by atoms with Crippen LogP contribution >= 0.6 is 0 Å². The lowest BCUT2D eigenvalue weighted by molar-refractivity contribution is -0.124. The van der Waals surface area contributed by atoms with Gasteiger partial charge in [0.15, 0.2) is 0 Å². The Labute approximate surface area is 159 Å². The van der Waals surface area contributed by atoms with Gasteiger partial charge in [-0.15, -0.1) is 0 Å². The number of hydrogen-bond acceptors (Lipinski definition) is 4. The number of hydrogen-bond donors (Lipinski definition) is 2. The first kappa shape index (κ1) is 20.3. The van der Waals surface area contributed by atoms with Crippen LogP contribution in [0.5, 0.6) is 5.75 Å². The van der Waals surface area contributed by atoms with E-state index in [0.29, 0.717) is 6.54 Å². The topological polar surface area (TPSA) is 76.7 Å². The number of benzene rings is 2. The molecule has 6 nitrogen and oxygen atoms in total. The van der Waals surface area contributed by atoms with E-state index in [1.165, 1.54) is 0 Å². The molecule has 2 aromatic rings. The molecule has 0 aliphatic carbocycles. The number of carbonyl (C=O) groups excluding carboxylic acids is 2. The average Bonchev–Trinajstić information content (AvgIpc) is 2.69. The highest BCUT2D eigenvalue weighted by atomic mass is 16.5. The van der Waals surface area contributed by atoms with Crippen molar-refractivity contribution in [1.82, 2.24) is 10.6 Å². The number of rotatable bonds is 8. The second-order valence-corrected chi connectivity index (χ2v) is 6.50. The standard InChI is InChI=1S/C21H26N2O4/c1-15(2)19(23-21(25)27-14-16-8-5-4-6-9-16)20(24)22-13-17-10-7-11-18(12-17)26-3/h4-12,15,19H,13-14H2,1-3H3,(H,22,24)(H,23,25)/t19-/m1/s1. The summed E-state index contributed by atoms with van der Waals surface area (Å²) in [4.78, 5) is 24.6. The maximum absolute atomic E-state index is 12.5. The van der Waals surface area contributed by atoms with Crippen molar-refractivity contribution in [1.29, 1.82) is 0 Å². The third-order valence-electron chi connectivity index (χ3n) is 4.04. The summed E-state index contributed by atoms with van der Waals surface area (Å²) >= 11 is 0. The largest absolute Gasteiger partial charge is 0.497 e. The molecule has 0 radical (unpaired) electrons. The molecule has 0 aliphatic heterocycles. The van der Waals surface area contributed by atoms with Crippen LogP contribution in [0.2, 0.25) is 0 Å². The van der Waals surface area contributed by atoms with Crippen molar-refractivity contribution in [3.8, 4) is 5.75 Å². The minimum Gasteiger partial charge on any atom is -0.497 e. The third kappa shape index (κ3) is 6.66. The summed E-state index contributed by atoms with van der Waals surface area (Å²) in [6, 6.07) is 16.2. The van der Waals surface area contributed by atoms with Crippen LogP contribution in [0.15, 0.2) is 54.6 Å². The van der Waals surface area contributed by atoms with Crippen molar-refractivity contribution in [3.63, 3.8) is 0 Å². The van der Waals surface area contributed by atoms with Gasteiger partial charge in [0.25, 0.3) is 0 Å². The molecule has 0 saturated carbocycles. The summed E-state index contributed by atoms with van der Waals surface area (Å²) in [5.74, 6) is 0.383. The van der Waals surface area contributed by atoms with E-state index in [0.717, 1.165) is 16.9 Å². The van der Waals surface area contributed by atoms with Gasteiger partial charge >= 0.3 is 6.09 Å². The van der Waals surface area contributed by atoms with Crippen LogP contribution in [-0.4, -0.2) is 25.2 Å². The van der Waals surface area contributed by atoms with Crippen molar-refractivity contribution >= 4 is 12.0 Å². The van der Waals surface area contributed by atoms with E-state index in [9.17, 15) is 9.59 Å². The fraction of sp³-hybridized carbons (Fsp3) is 0.333. The lowest BCUT2D eigenvalue weighted by Crippen LogP contribution is -2.49. The molecule has 27 heavy (non-hydrogen) atoms. The Morgan fingerprint density at radius 1 is 1.00 bits per heavy atom. The second-order valence-electron chi connectivity index (χ2n) is 6.50. The third-order valence-corrected chi connectivity index (χ3v) is 4.04. The van der Waals surface area contributed by atoms with Gasteiger partial charge in [-0.1, -0.05) is 56.3 Å². The lowest BCUT2D eigenvalue weighted by Gasteiger charge is -2.21. The maximum Gasteiger partial charge on any atom is 0.408 e. The van der Waals surface area contributed by atoms with Crippen molar-refractivity contribution in [2.75, 3.05) is 7.11 Å². The quantitative estimate of drug-likeness (QED) is 0.748. The average molecular weight is 370 g/mol. The second kappa shape index (κ2) is 10.2. The van der Waals surface area contributed by atoms with Crippen LogP contribution in [0.25, 0.3) is 0 Å². The Morgan fingerprint density at radius 3 is 2.37 bits per heavy atom. The number of amides is 2. The Balaban J connectivity index is 1.87. The molecule has 0 unspecified atom stereocenters. The molecular weight excluding hydrogens is 344 g/mol. The first-order chi connectivity index (χ1) is 13.0. The normalized spacial score (nSPS) is 11.6. The smallest absolute Gasteiger partial charge is 0.408 e. The van der Waals surface area contributed by atoms with E-state index in [1.54, 1.807) is 7.11 Å². The van der Waals surface area contributed by atoms with Crippen molar-refractivity contribution in [2.45, 2.75) is 33.0 Å². The van der Waals surface area contributed by atoms with Crippen molar-refractivity contribution in [2.24, 2.45) is 5.92 Å². The van der Waals surface area contributed by atoms with Crippen LogP contribution in [0.1, 0.15) is 25.0 Å². The Hall–Kier alpha value is -3.02. The van der Waals surface area contributed by atoms with Crippen LogP contribution in [0, 0.1) is 5.92 Å². The van der Waals surface area contributed by atoms with Crippen LogP contribution in [0.4, 0.5) is 4.79 Å². The molecule has 0 aliphatic rings. The zero-order valence-electron chi connectivity index (χ0n) is 15.9. The Bertz CT molecular complexity index is 747. The predicted octanol–water partition coefficient (Wildman–Crippen LogP) is 3.26. The summed E-state index contributed by atoms with van der Waals surface area (Å²) in [6.07, 6.45) is -0.617. The molecule has 2 aromatic carbocycles. The number of methoxy groups -OCH3 is 1. The molecule has 0 fully saturated rings. The number of carbonyl (C=O) groups is 2. The number of nitrogens with one attached hydrogen (secondary N) is 2. The van der Waals surface area contributed by atoms with Crippen molar-refractivity contribution < 1.29 is 19.1 Å². The van der Waals surface area contributed by atoms with Gasteiger partial charge < -0.3 is 20.1 Å². The predicted molar refractivity (Wildman–Crippen MR) is 103 cm³/mol. The number of ether oxygens (including phenoxy) is 2. The molecule has 0 saturated heterocycles. The van der Waals surface area contributed by atoms with E-state index < -0.39 is 12.1 Å². The zero-order valence-corrected chi connectivity index (χ0v) is 15.9. The lowest BCUT2D eigenvalue weighted by atomic mass is 10.0. The Morgan fingerprint density at radius 2 is 1.70 bits per heavy atom. The van der Waals surface area contributed by atoms with Gasteiger partial charge in [0.2, 0.25) is 5.91 Å². The highest BCUT2D eigenvalue weighted by Crippen LogP contribution is 2.12. The fourth-order valence-corrected chi connectivity index (χ4v) is 2.51. The first-order valence-electron chi connectivity index (χ1n) is 8.87. The van der Waals surface area contributed by atoms with Crippen molar-refractivity contribution in [3.05, 3.63) is 65.7 Å². The SMILES string of the molecule is COc1cccc(CNC(=O)[C@H](NC(=O)OCc2ccccc2)C(C)C)c1. The highest BCUT2D eigenvalue weighted by Gasteiger charge is 2.24. The highest BCUT2D eigenvalue weighted by molar-refractivity contribution is 5.85. The minimum atomic E-state index is -0.682. The summed E-state index contributed by atoms with van der Waals surface area (Å²) in [7, 11) is 1.59. The fourth-order valence-electron chi connectivity index (χ4n) is 2.51. The molecular formula is C21H26N2O4.